The molecule has 0 saturated carbocycles. The number of hydrogen-bond donors (Lipinski definition) is 1. The summed E-state index contributed by atoms with van der Waals surface area (Å²) < 4.78 is 46.7. The second-order valence-corrected chi connectivity index (χ2v) is 6.42. The fraction of sp³-hybridized carbons (Fsp3) is 0.250. The normalized spacial score (nSPS) is 13.0. The minimum atomic E-state index is -4.73. The van der Waals surface area contributed by atoms with Crippen LogP contribution in [0, 0.1) is 6.92 Å². The molecule has 142 valence electrons. The molecule has 3 rings (SSSR count). The van der Waals surface area contributed by atoms with E-state index in [1.807, 2.05) is 20.8 Å². The van der Waals surface area contributed by atoms with Crippen LogP contribution in [0.1, 0.15) is 30.7 Å². The highest BCUT2D eigenvalue weighted by Gasteiger charge is 2.31. The van der Waals surface area contributed by atoms with E-state index in [9.17, 15) is 18.3 Å². The molecule has 0 saturated heterocycles. The van der Waals surface area contributed by atoms with Crippen molar-refractivity contribution in [2.75, 3.05) is 0 Å². The van der Waals surface area contributed by atoms with E-state index in [1.54, 1.807) is 18.2 Å². The van der Waals surface area contributed by atoms with Gasteiger partial charge in [0.05, 0.1) is 5.69 Å². The number of phenols is 1. The molecule has 1 aromatic heterocycles. The van der Waals surface area contributed by atoms with Gasteiger partial charge in [0.2, 0.25) is 0 Å². The van der Waals surface area contributed by atoms with Crippen LogP contribution in [0.2, 0.25) is 0 Å². The summed E-state index contributed by atoms with van der Waals surface area (Å²) >= 11 is 0. The van der Waals surface area contributed by atoms with E-state index in [2.05, 4.69) is 9.89 Å². The molecule has 1 N–H and O–H groups in total. The van der Waals surface area contributed by atoms with Gasteiger partial charge in [0, 0.05) is 17.9 Å². The first-order chi connectivity index (χ1) is 12.6. The maximum absolute atomic E-state index is 12.5. The van der Waals surface area contributed by atoms with E-state index in [0.29, 0.717) is 23.3 Å². The summed E-state index contributed by atoms with van der Waals surface area (Å²) in [6.07, 6.45) is -4.27. The predicted octanol–water partition coefficient (Wildman–Crippen LogP) is 5.78. The number of phenolic OH excluding ortho intramolecular Hbond substituents is 1. The predicted molar refractivity (Wildman–Crippen MR) is 95.5 cm³/mol. The van der Waals surface area contributed by atoms with Crippen LogP contribution in [0.3, 0.4) is 0 Å². The lowest BCUT2D eigenvalue weighted by molar-refractivity contribution is -0.274. The van der Waals surface area contributed by atoms with Crippen LogP contribution in [0.25, 0.3) is 16.5 Å². The number of fused-ring (bicyclic) bond motifs is 1. The average Bonchev–Trinajstić information content (AvgIpc) is 2.96. The molecule has 0 aliphatic carbocycles. The highest BCUT2D eigenvalue weighted by molar-refractivity contribution is 5.81. The van der Waals surface area contributed by atoms with E-state index >= 15 is 0 Å². The van der Waals surface area contributed by atoms with Gasteiger partial charge in [-0.05, 0) is 61.7 Å². The van der Waals surface area contributed by atoms with E-state index in [-0.39, 0.29) is 11.5 Å². The number of allylic oxidation sites excluding steroid dienone is 2. The Balaban J connectivity index is 1.93. The van der Waals surface area contributed by atoms with Crippen molar-refractivity contribution < 1.29 is 27.5 Å². The highest BCUT2D eigenvalue weighted by atomic mass is 19.4. The summed E-state index contributed by atoms with van der Waals surface area (Å²) in [4.78, 5) is 0. The quantitative estimate of drug-likeness (QED) is 0.626. The Morgan fingerprint density at radius 1 is 1.15 bits per heavy atom. The molecule has 0 aliphatic heterocycles. The van der Waals surface area contributed by atoms with Crippen molar-refractivity contribution in [3.05, 3.63) is 58.8 Å². The monoisotopic (exact) mass is 377 g/mol. The van der Waals surface area contributed by atoms with E-state index in [1.165, 1.54) is 18.2 Å². The maximum Gasteiger partial charge on any atom is 0.573 e. The Bertz CT molecular complexity index is 1020. The first kappa shape index (κ1) is 18.8. The number of hydrogen-bond acceptors (Lipinski definition) is 4. The summed E-state index contributed by atoms with van der Waals surface area (Å²) in [6.45, 7) is 5.58. The lowest BCUT2D eigenvalue weighted by Gasteiger charge is -2.14. The van der Waals surface area contributed by atoms with Gasteiger partial charge in [-0.15, -0.1) is 13.2 Å². The summed E-state index contributed by atoms with van der Waals surface area (Å²) in [5.74, 6) is -0.164. The van der Waals surface area contributed by atoms with Crippen LogP contribution in [0.15, 0.2) is 46.5 Å². The zero-order valence-electron chi connectivity index (χ0n) is 15.0. The van der Waals surface area contributed by atoms with Gasteiger partial charge in [0.1, 0.15) is 11.5 Å². The van der Waals surface area contributed by atoms with Crippen molar-refractivity contribution in [2.24, 2.45) is 0 Å². The summed E-state index contributed by atoms with van der Waals surface area (Å²) in [7, 11) is 0. The topological polar surface area (TPSA) is 55.5 Å². The lowest BCUT2D eigenvalue weighted by atomic mass is 9.95. The molecule has 0 fully saturated rings. The molecule has 7 heteroatoms. The molecule has 0 amide bonds. The van der Waals surface area contributed by atoms with E-state index in [0.717, 1.165) is 22.1 Å². The van der Waals surface area contributed by atoms with Gasteiger partial charge in [-0.25, -0.2) is 0 Å². The minimum Gasteiger partial charge on any atom is -0.508 e. The van der Waals surface area contributed by atoms with Crippen molar-refractivity contribution in [1.29, 1.82) is 0 Å². The number of aromatic nitrogens is 1. The standard InChI is InChI=1S/C20H18F3NO3/c1-11-4-6-15(26-20(21,22)23)10-17(11)13(3)12(2)8-18-16-7-5-14(25)9-19(16)27-24-18/h4-7,9-10,25H,8H2,1-3H3/b13-12-. The number of benzene rings is 2. The van der Waals surface area contributed by atoms with Crippen LogP contribution in [-0.4, -0.2) is 16.6 Å². The number of aromatic hydroxyl groups is 1. The smallest absolute Gasteiger partial charge is 0.508 e. The molecule has 4 nitrogen and oxygen atoms in total. The maximum atomic E-state index is 12.5. The Labute approximate surface area is 153 Å². The van der Waals surface area contributed by atoms with Crippen molar-refractivity contribution >= 4 is 16.5 Å². The van der Waals surface area contributed by atoms with Crippen LogP contribution in [0.4, 0.5) is 13.2 Å². The zero-order chi connectivity index (χ0) is 19.8. The number of rotatable bonds is 4. The first-order valence-corrected chi connectivity index (χ1v) is 8.24. The molecule has 3 aromatic rings. The average molecular weight is 377 g/mol. The van der Waals surface area contributed by atoms with E-state index < -0.39 is 6.36 Å². The van der Waals surface area contributed by atoms with Crippen LogP contribution in [-0.2, 0) is 6.42 Å². The Morgan fingerprint density at radius 3 is 2.59 bits per heavy atom. The van der Waals surface area contributed by atoms with Crippen LogP contribution >= 0.6 is 0 Å². The van der Waals surface area contributed by atoms with Gasteiger partial charge in [-0.1, -0.05) is 16.8 Å². The third-order valence-electron chi connectivity index (χ3n) is 4.45. The minimum absolute atomic E-state index is 0.0887. The molecule has 1 heterocycles. The molecule has 27 heavy (non-hydrogen) atoms. The van der Waals surface area contributed by atoms with Crippen LogP contribution < -0.4 is 4.74 Å². The number of alkyl halides is 3. The third-order valence-corrected chi connectivity index (χ3v) is 4.45. The number of nitrogens with zero attached hydrogens (tertiary/aromatic N) is 1. The summed E-state index contributed by atoms with van der Waals surface area (Å²) in [5.41, 5.74) is 4.48. The highest BCUT2D eigenvalue weighted by Crippen LogP contribution is 2.31. The Morgan fingerprint density at radius 2 is 1.89 bits per heavy atom. The number of aryl methyl sites for hydroxylation is 1. The lowest BCUT2D eigenvalue weighted by Crippen LogP contribution is -2.17. The fourth-order valence-electron chi connectivity index (χ4n) is 2.92. The van der Waals surface area contributed by atoms with Gasteiger partial charge in [-0.2, -0.15) is 0 Å². The molecule has 0 spiro atoms. The molecule has 0 aliphatic rings. The summed E-state index contributed by atoms with van der Waals surface area (Å²) in [6, 6.07) is 9.05. The van der Waals surface area contributed by atoms with Crippen molar-refractivity contribution in [2.45, 2.75) is 33.6 Å². The first-order valence-electron chi connectivity index (χ1n) is 8.24. The third kappa shape index (κ3) is 4.24. The fourth-order valence-corrected chi connectivity index (χ4v) is 2.92. The Kier molecular flexibility index (Phi) is 4.87. The molecule has 2 aromatic carbocycles. The molecule has 0 atom stereocenters. The summed E-state index contributed by atoms with van der Waals surface area (Å²) in [5, 5.41) is 14.3. The van der Waals surface area contributed by atoms with Crippen LogP contribution in [0.5, 0.6) is 11.5 Å². The number of ether oxygens (including phenoxy) is 1. The molecular weight excluding hydrogens is 359 g/mol. The van der Waals surface area contributed by atoms with Crippen molar-refractivity contribution in [3.8, 4) is 11.5 Å². The van der Waals surface area contributed by atoms with E-state index in [4.69, 9.17) is 4.52 Å². The second kappa shape index (κ2) is 6.98. The largest absolute Gasteiger partial charge is 0.573 e. The molecular formula is C20H18F3NO3. The van der Waals surface area contributed by atoms with Gasteiger partial charge >= 0.3 is 6.36 Å². The van der Waals surface area contributed by atoms with Gasteiger partial charge in [-0.3, -0.25) is 0 Å². The second-order valence-electron chi connectivity index (χ2n) is 6.42. The molecule has 0 radical (unpaired) electrons. The van der Waals surface area contributed by atoms with Gasteiger partial charge in [0.25, 0.3) is 0 Å². The molecule has 0 bridgehead atoms. The van der Waals surface area contributed by atoms with Gasteiger partial charge in [0.15, 0.2) is 5.58 Å². The number of halogens is 3. The molecule has 0 unspecified atom stereocenters. The van der Waals surface area contributed by atoms with Gasteiger partial charge < -0.3 is 14.4 Å². The SMILES string of the molecule is C/C(Cc1noc2cc(O)ccc12)=C(\C)c1cc(OC(F)(F)F)ccc1C. The Hall–Kier alpha value is -2.96. The van der Waals surface area contributed by atoms with Crippen molar-refractivity contribution in [3.63, 3.8) is 0 Å². The zero-order valence-corrected chi connectivity index (χ0v) is 15.0. The van der Waals surface area contributed by atoms with Crippen molar-refractivity contribution in [1.82, 2.24) is 5.16 Å².